The van der Waals surface area contributed by atoms with Crippen molar-refractivity contribution in [3.8, 4) is 0 Å². The minimum Gasteiger partial charge on any atom is -0.385 e. The maximum Gasteiger partial charge on any atom is 0.273 e. The van der Waals surface area contributed by atoms with Crippen LogP contribution in [0.2, 0.25) is 0 Å². The van der Waals surface area contributed by atoms with Crippen molar-refractivity contribution in [3.63, 3.8) is 0 Å². The van der Waals surface area contributed by atoms with Crippen LogP contribution in [0.15, 0.2) is 18.2 Å². The first kappa shape index (κ1) is 16.3. The molecule has 0 saturated heterocycles. The van der Waals surface area contributed by atoms with Crippen molar-refractivity contribution >= 4 is 17.1 Å². The van der Waals surface area contributed by atoms with E-state index in [0.29, 0.717) is 5.92 Å². The van der Waals surface area contributed by atoms with Gasteiger partial charge in [-0.15, -0.1) is 0 Å². The van der Waals surface area contributed by atoms with Crippen LogP contribution in [-0.4, -0.2) is 18.0 Å². The van der Waals surface area contributed by atoms with Crippen LogP contribution in [0.25, 0.3) is 0 Å². The molecule has 0 aliphatic heterocycles. The molecule has 1 aromatic carbocycles. The van der Waals surface area contributed by atoms with Gasteiger partial charge in [0.15, 0.2) is 0 Å². The van der Waals surface area contributed by atoms with Crippen LogP contribution in [0.1, 0.15) is 40.0 Å². The third-order valence-electron chi connectivity index (χ3n) is 3.00. The van der Waals surface area contributed by atoms with Crippen LogP contribution >= 0.6 is 0 Å². The molecule has 5 heteroatoms. The quantitative estimate of drug-likeness (QED) is 0.402. The zero-order valence-corrected chi connectivity index (χ0v) is 12.6. The van der Waals surface area contributed by atoms with E-state index in [4.69, 9.17) is 0 Å². The topological polar surface area (TPSA) is 67.2 Å². The van der Waals surface area contributed by atoms with Crippen LogP contribution in [-0.2, 0) is 0 Å². The lowest BCUT2D eigenvalue weighted by molar-refractivity contribution is -0.384. The van der Waals surface area contributed by atoms with Crippen LogP contribution in [0.5, 0.6) is 0 Å². The van der Waals surface area contributed by atoms with E-state index in [0.717, 1.165) is 43.7 Å². The molecule has 1 aromatic rings. The summed E-state index contributed by atoms with van der Waals surface area (Å²) in [5, 5.41) is 17.4. The minimum absolute atomic E-state index is 0.123. The maximum atomic E-state index is 10.9. The molecule has 0 aromatic heterocycles. The summed E-state index contributed by atoms with van der Waals surface area (Å²) in [6, 6.07) is 5.10. The number of hydrogen-bond donors (Lipinski definition) is 2. The summed E-state index contributed by atoms with van der Waals surface area (Å²) < 4.78 is 0. The SMILES string of the molecule is CCCNc1cc(NCCCC(C)C)cc([N+](=O)[O-])c1. The minimum atomic E-state index is -0.351. The number of nitrogens with zero attached hydrogens (tertiary/aromatic N) is 1. The molecule has 112 valence electrons. The Balaban J connectivity index is 2.67. The Hall–Kier alpha value is -1.78. The van der Waals surface area contributed by atoms with Crippen molar-refractivity contribution in [1.29, 1.82) is 0 Å². The highest BCUT2D eigenvalue weighted by atomic mass is 16.6. The third-order valence-corrected chi connectivity index (χ3v) is 3.00. The van der Waals surface area contributed by atoms with E-state index < -0.39 is 0 Å². The van der Waals surface area contributed by atoms with Crippen molar-refractivity contribution in [2.24, 2.45) is 5.92 Å². The molecule has 0 radical (unpaired) electrons. The number of benzene rings is 1. The predicted molar refractivity (Wildman–Crippen MR) is 84.4 cm³/mol. The highest BCUT2D eigenvalue weighted by molar-refractivity contribution is 5.63. The monoisotopic (exact) mass is 279 g/mol. The Kier molecular flexibility index (Phi) is 6.84. The van der Waals surface area contributed by atoms with E-state index in [9.17, 15) is 10.1 Å². The van der Waals surface area contributed by atoms with Crippen LogP contribution in [0, 0.1) is 16.0 Å². The van der Waals surface area contributed by atoms with Gasteiger partial charge in [0.1, 0.15) is 0 Å². The van der Waals surface area contributed by atoms with Gasteiger partial charge in [-0.05, 0) is 31.2 Å². The lowest BCUT2D eigenvalue weighted by Crippen LogP contribution is -2.05. The maximum absolute atomic E-state index is 10.9. The molecular weight excluding hydrogens is 254 g/mol. The molecule has 1 rings (SSSR count). The zero-order valence-electron chi connectivity index (χ0n) is 12.6. The van der Waals surface area contributed by atoms with Crippen LogP contribution in [0.4, 0.5) is 17.1 Å². The molecule has 0 unspecified atom stereocenters. The second-order valence-corrected chi connectivity index (χ2v) is 5.42. The molecular formula is C15H25N3O2. The number of nitro benzene ring substituents is 1. The Morgan fingerprint density at radius 2 is 1.75 bits per heavy atom. The molecule has 0 aliphatic carbocycles. The van der Waals surface area contributed by atoms with Crippen LogP contribution in [0.3, 0.4) is 0 Å². The van der Waals surface area contributed by atoms with Gasteiger partial charge in [-0.3, -0.25) is 10.1 Å². The lowest BCUT2D eigenvalue weighted by Gasteiger charge is -2.11. The molecule has 0 spiro atoms. The summed E-state index contributed by atoms with van der Waals surface area (Å²) in [6.45, 7) is 8.11. The summed E-state index contributed by atoms with van der Waals surface area (Å²) in [4.78, 5) is 10.6. The van der Waals surface area contributed by atoms with Crippen molar-refractivity contribution < 1.29 is 4.92 Å². The second kappa shape index (κ2) is 8.40. The van der Waals surface area contributed by atoms with Crippen molar-refractivity contribution in [3.05, 3.63) is 28.3 Å². The highest BCUT2D eigenvalue weighted by Gasteiger charge is 2.09. The number of nitrogens with one attached hydrogen (secondary N) is 2. The normalized spacial score (nSPS) is 10.6. The van der Waals surface area contributed by atoms with Crippen molar-refractivity contribution in [2.45, 2.75) is 40.0 Å². The first-order valence-corrected chi connectivity index (χ1v) is 7.30. The number of anilines is 2. The number of non-ortho nitro benzene ring substituents is 1. The summed E-state index contributed by atoms with van der Waals surface area (Å²) in [5.74, 6) is 0.684. The average molecular weight is 279 g/mol. The van der Waals surface area contributed by atoms with E-state index in [1.165, 1.54) is 0 Å². The molecule has 0 saturated carbocycles. The second-order valence-electron chi connectivity index (χ2n) is 5.42. The standard InChI is InChI=1S/C15H25N3O2/c1-4-7-16-13-9-14(11-15(10-13)18(19)20)17-8-5-6-12(2)3/h9-12,16-17H,4-8H2,1-3H3. The molecule has 0 heterocycles. The Bertz CT molecular complexity index is 433. The largest absolute Gasteiger partial charge is 0.385 e. The third kappa shape index (κ3) is 5.91. The average Bonchev–Trinajstić information content (AvgIpc) is 2.41. The van der Waals surface area contributed by atoms with Gasteiger partial charge < -0.3 is 10.6 Å². The molecule has 5 nitrogen and oxygen atoms in total. The predicted octanol–water partition coefficient (Wildman–Crippen LogP) is 4.26. The molecule has 0 fully saturated rings. The van der Waals surface area contributed by atoms with Crippen molar-refractivity contribution in [1.82, 2.24) is 0 Å². The first-order chi connectivity index (χ1) is 9.52. The Morgan fingerprint density at radius 1 is 1.15 bits per heavy atom. The first-order valence-electron chi connectivity index (χ1n) is 7.30. The van der Waals surface area contributed by atoms with Crippen molar-refractivity contribution in [2.75, 3.05) is 23.7 Å². The zero-order chi connectivity index (χ0) is 15.0. The van der Waals surface area contributed by atoms with Gasteiger partial charge in [-0.1, -0.05) is 20.8 Å². The van der Waals surface area contributed by atoms with Crippen LogP contribution < -0.4 is 10.6 Å². The molecule has 2 N–H and O–H groups in total. The van der Waals surface area contributed by atoms with Gasteiger partial charge in [0.2, 0.25) is 0 Å². The molecule has 0 atom stereocenters. The Labute approximate surface area is 120 Å². The highest BCUT2D eigenvalue weighted by Crippen LogP contribution is 2.24. The molecule has 0 bridgehead atoms. The number of nitro groups is 1. The van der Waals surface area contributed by atoms with Gasteiger partial charge in [-0.25, -0.2) is 0 Å². The van der Waals surface area contributed by atoms with E-state index in [1.807, 2.05) is 6.07 Å². The molecule has 0 aliphatic rings. The van der Waals surface area contributed by atoms with E-state index >= 15 is 0 Å². The van der Waals surface area contributed by atoms with Gasteiger partial charge in [0.25, 0.3) is 5.69 Å². The van der Waals surface area contributed by atoms with E-state index in [2.05, 4.69) is 31.4 Å². The number of rotatable bonds is 9. The molecule has 20 heavy (non-hydrogen) atoms. The van der Waals surface area contributed by atoms with E-state index in [1.54, 1.807) is 12.1 Å². The molecule has 0 amide bonds. The van der Waals surface area contributed by atoms with Gasteiger partial charge in [0.05, 0.1) is 4.92 Å². The van der Waals surface area contributed by atoms with E-state index in [-0.39, 0.29) is 10.6 Å². The summed E-state index contributed by atoms with van der Waals surface area (Å²) in [6.07, 6.45) is 3.21. The van der Waals surface area contributed by atoms with Gasteiger partial charge in [0, 0.05) is 36.6 Å². The summed E-state index contributed by atoms with van der Waals surface area (Å²) >= 11 is 0. The summed E-state index contributed by atoms with van der Waals surface area (Å²) in [7, 11) is 0. The lowest BCUT2D eigenvalue weighted by atomic mass is 10.1. The smallest absolute Gasteiger partial charge is 0.273 e. The fourth-order valence-corrected chi connectivity index (χ4v) is 1.93. The van der Waals surface area contributed by atoms with Gasteiger partial charge >= 0.3 is 0 Å². The number of hydrogen-bond acceptors (Lipinski definition) is 4. The fourth-order valence-electron chi connectivity index (χ4n) is 1.93. The Morgan fingerprint density at radius 3 is 2.25 bits per heavy atom. The summed E-state index contributed by atoms with van der Waals surface area (Å²) in [5.41, 5.74) is 1.73. The fraction of sp³-hybridized carbons (Fsp3) is 0.600. The van der Waals surface area contributed by atoms with Gasteiger partial charge in [-0.2, -0.15) is 0 Å².